The van der Waals surface area contributed by atoms with Crippen molar-refractivity contribution in [2.75, 3.05) is 13.1 Å². The number of sulfonamides is 1. The van der Waals surface area contributed by atoms with Crippen LogP contribution in [0.5, 0.6) is 5.75 Å². The Labute approximate surface area is 185 Å². The zero-order chi connectivity index (χ0) is 22.1. The van der Waals surface area contributed by atoms with Gasteiger partial charge in [-0.3, -0.25) is 0 Å². The molecule has 0 unspecified atom stereocenters. The maximum atomic E-state index is 12.7. The number of carbonyl (C=O) groups is 1. The molecule has 0 N–H and O–H groups in total. The summed E-state index contributed by atoms with van der Waals surface area (Å²) in [4.78, 5) is 17.2. The molecular weight excluding hydrogens is 447 g/mol. The van der Waals surface area contributed by atoms with E-state index >= 15 is 0 Å². The van der Waals surface area contributed by atoms with Crippen molar-refractivity contribution < 1.29 is 17.9 Å². The standard InChI is InChI=1S/C21H20Cl2N2O4S/c1-4-25(5-2)30(27,28)15-9-7-14(8-10-15)21(26)29-20-18(23)12-17(22)16-11-6-13(3)24-19(16)20/h6-12H,4-5H2,1-3H3. The first-order valence-corrected chi connectivity index (χ1v) is 11.5. The van der Waals surface area contributed by atoms with Crippen LogP contribution in [-0.2, 0) is 10.0 Å². The molecule has 2 aromatic carbocycles. The van der Waals surface area contributed by atoms with Gasteiger partial charge < -0.3 is 4.74 Å². The second kappa shape index (κ2) is 8.89. The van der Waals surface area contributed by atoms with E-state index in [4.69, 9.17) is 27.9 Å². The number of pyridine rings is 1. The zero-order valence-electron chi connectivity index (χ0n) is 16.6. The van der Waals surface area contributed by atoms with E-state index in [2.05, 4.69) is 4.98 Å². The maximum Gasteiger partial charge on any atom is 0.343 e. The number of halogens is 2. The SMILES string of the molecule is CCN(CC)S(=O)(=O)c1ccc(C(=O)Oc2c(Cl)cc(Cl)c3ccc(C)nc23)cc1. The first kappa shape index (κ1) is 22.5. The topological polar surface area (TPSA) is 76.6 Å². The van der Waals surface area contributed by atoms with Crippen molar-refractivity contribution in [1.82, 2.24) is 9.29 Å². The van der Waals surface area contributed by atoms with E-state index in [0.29, 0.717) is 34.7 Å². The van der Waals surface area contributed by atoms with Gasteiger partial charge in [-0.2, -0.15) is 4.31 Å². The lowest BCUT2D eigenvalue weighted by Crippen LogP contribution is -2.30. The normalized spacial score (nSPS) is 11.8. The molecule has 1 heterocycles. The molecule has 0 amide bonds. The minimum absolute atomic E-state index is 0.101. The van der Waals surface area contributed by atoms with E-state index in [1.54, 1.807) is 32.9 Å². The van der Waals surface area contributed by atoms with Crippen LogP contribution in [0.25, 0.3) is 10.9 Å². The molecule has 0 spiro atoms. The Bertz CT molecular complexity index is 1210. The van der Waals surface area contributed by atoms with Gasteiger partial charge in [-0.15, -0.1) is 0 Å². The van der Waals surface area contributed by atoms with Gasteiger partial charge in [-0.25, -0.2) is 18.2 Å². The number of nitrogens with zero attached hydrogens (tertiary/aromatic N) is 2. The quantitative estimate of drug-likeness (QED) is 0.373. The molecule has 0 radical (unpaired) electrons. The molecular formula is C21H20Cl2N2O4S. The lowest BCUT2D eigenvalue weighted by atomic mass is 10.2. The molecule has 0 aliphatic rings. The third-order valence-corrected chi connectivity index (χ3v) is 7.26. The molecule has 0 fully saturated rings. The minimum Gasteiger partial charge on any atom is -0.419 e. The Morgan fingerprint density at radius 3 is 2.27 bits per heavy atom. The van der Waals surface area contributed by atoms with Crippen LogP contribution in [0, 0.1) is 6.92 Å². The van der Waals surface area contributed by atoms with Gasteiger partial charge in [-0.05, 0) is 49.4 Å². The number of esters is 1. The first-order valence-electron chi connectivity index (χ1n) is 9.26. The van der Waals surface area contributed by atoms with Gasteiger partial charge in [0.05, 0.1) is 20.5 Å². The summed E-state index contributed by atoms with van der Waals surface area (Å²) in [5.74, 6) is -0.583. The van der Waals surface area contributed by atoms with Crippen molar-refractivity contribution >= 4 is 50.1 Å². The van der Waals surface area contributed by atoms with E-state index in [9.17, 15) is 13.2 Å². The molecule has 0 saturated carbocycles. The summed E-state index contributed by atoms with van der Waals surface area (Å²) < 4.78 is 32.0. The highest BCUT2D eigenvalue weighted by molar-refractivity contribution is 7.89. The molecule has 6 nitrogen and oxygen atoms in total. The molecule has 3 rings (SSSR count). The number of fused-ring (bicyclic) bond motifs is 1. The predicted molar refractivity (Wildman–Crippen MR) is 118 cm³/mol. The highest BCUT2D eigenvalue weighted by Gasteiger charge is 2.23. The van der Waals surface area contributed by atoms with Crippen molar-refractivity contribution in [3.8, 4) is 5.75 Å². The molecule has 1 aromatic heterocycles. The van der Waals surface area contributed by atoms with Gasteiger partial charge in [-0.1, -0.05) is 37.0 Å². The number of hydrogen-bond acceptors (Lipinski definition) is 5. The van der Waals surface area contributed by atoms with Crippen LogP contribution < -0.4 is 4.74 Å². The minimum atomic E-state index is -3.61. The Morgan fingerprint density at radius 2 is 1.67 bits per heavy atom. The second-order valence-corrected chi connectivity index (χ2v) is 9.27. The first-order chi connectivity index (χ1) is 14.2. The Kier molecular flexibility index (Phi) is 6.67. The van der Waals surface area contributed by atoms with E-state index in [0.717, 1.165) is 0 Å². The van der Waals surface area contributed by atoms with Crippen LogP contribution >= 0.6 is 23.2 Å². The lowest BCUT2D eigenvalue weighted by Gasteiger charge is -2.18. The van der Waals surface area contributed by atoms with Crippen LogP contribution in [0.3, 0.4) is 0 Å². The summed E-state index contributed by atoms with van der Waals surface area (Å²) in [5, 5.41) is 1.16. The molecule has 0 aliphatic heterocycles. The fourth-order valence-corrected chi connectivity index (χ4v) is 5.03. The molecule has 0 atom stereocenters. The van der Waals surface area contributed by atoms with Crippen LogP contribution in [0.4, 0.5) is 0 Å². The number of rotatable bonds is 6. The molecule has 158 valence electrons. The largest absolute Gasteiger partial charge is 0.419 e. The smallest absolute Gasteiger partial charge is 0.343 e. The molecule has 0 aliphatic carbocycles. The van der Waals surface area contributed by atoms with Crippen LogP contribution in [0.2, 0.25) is 10.0 Å². The van der Waals surface area contributed by atoms with Crippen molar-refractivity contribution in [1.29, 1.82) is 0 Å². The second-order valence-electron chi connectivity index (χ2n) is 6.52. The third-order valence-electron chi connectivity index (χ3n) is 4.61. The molecule has 9 heteroatoms. The third kappa shape index (κ3) is 4.30. The summed E-state index contributed by atoms with van der Waals surface area (Å²) in [6, 6.07) is 10.6. The number of ether oxygens (including phenoxy) is 1. The van der Waals surface area contributed by atoms with Gasteiger partial charge >= 0.3 is 5.97 Å². The van der Waals surface area contributed by atoms with E-state index in [1.165, 1.54) is 34.6 Å². The molecule has 0 bridgehead atoms. The number of hydrogen-bond donors (Lipinski definition) is 0. The van der Waals surface area contributed by atoms with Gasteiger partial charge in [0, 0.05) is 24.2 Å². The Balaban J connectivity index is 1.93. The highest BCUT2D eigenvalue weighted by atomic mass is 35.5. The van der Waals surface area contributed by atoms with Gasteiger partial charge in [0.2, 0.25) is 10.0 Å². The van der Waals surface area contributed by atoms with Gasteiger partial charge in [0.1, 0.15) is 5.52 Å². The van der Waals surface area contributed by atoms with E-state index in [1.807, 2.05) is 0 Å². The molecule has 0 saturated heterocycles. The van der Waals surface area contributed by atoms with Crippen LogP contribution in [-0.4, -0.2) is 36.8 Å². The number of benzene rings is 2. The summed E-state index contributed by atoms with van der Waals surface area (Å²) in [5.41, 5.74) is 1.27. The summed E-state index contributed by atoms with van der Waals surface area (Å²) in [6.45, 7) is 6.05. The number of aromatic nitrogens is 1. The summed E-state index contributed by atoms with van der Waals surface area (Å²) in [6.07, 6.45) is 0. The lowest BCUT2D eigenvalue weighted by molar-refractivity contribution is 0.0736. The molecule has 3 aromatic rings. The Morgan fingerprint density at radius 1 is 1.03 bits per heavy atom. The summed E-state index contributed by atoms with van der Waals surface area (Å²) >= 11 is 12.5. The average Bonchev–Trinajstić information content (AvgIpc) is 2.71. The van der Waals surface area contributed by atoms with Crippen molar-refractivity contribution in [2.45, 2.75) is 25.7 Å². The van der Waals surface area contributed by atoms with Gasteiger partial charge in [0.25, 0.3) is 0 Å². The maximum absolute atomic E-state index is 12.7. The van der Waals surface area contributed by atoms with Crippen molar-refractivity contribution in [3.63, 3.8) is 0 Å². The fraction of sp³-hybridized carbons (Fsp3) is 0.238. The van der Waals surface area contributed by atoms with E-state index < -0.39 is 16.0 Å². The number of carbonyl (C=O) groups excluding carboxylic acids is 1. The molecule has 30 heavy (non-hydrogen) atoms. The predicted octanol–water partition coefficient (Wildman–Crippen LogP) is 5.10. The monoisotopic (exact) mass is 466 g/mol. The van der Waals surface area contributed by atoms with Crippen LogP contribution in [0.1, 0.15) is 29.9 Å². The highest BCUT2D eigenvalue weighted by Crippen LogP contribution is 2.37. The summed E-state index contributed by atoms with van der Waals surface area (Å²) in [7, 11) is -3.61. The van der Waals surface area contributed by atoms with E-state index in [-0.39, 0.29) is 21.2 Å². The van der Waals surface area contributed by atoms with Gasteiger partial charge in [0.15, 0.2) is 5.75 Å². The van der Waals surface area contributed by atoms with Crippen LogP contribution in [0.15, 0.2) is 47.4 Å². The van der Waals surface area contributed by atoms with Crippen molar-refractivity contribution in [3.05, 3.63) is 63.8 Å². The fourth-order valence-electron chi connectivity index (χ4n) is 3.01. The number of aryl methyl sites for hydroxylation is 1. The zero-order valence-corrected chi connectivity index (χ0v) is 19.0. The average molecular weight is 467 g/mol. The Hall–Kier alpha value is -2.19. The van der Waals surface area contributed by atoms with Crippen molar-refractivity contribution in [2.24, 2.45) is 0 Å².